The van der Waals surface area contributed by atoms with E-state index < -0.39 is 0 Å². The lowest BCUT2D eigenvalue weighted by atomic mass is 10.1. The number of ether oxygens (including phenoxy) is 1. The quantitative estimate of drug-likeness (QED) is 0.406. The summed E-state index contributed by atoms with van der Waals surface area (Å²) < 4.78 is 5.77. The fourth-order valence-corrected chi connectivity index (χ4v) is 3.23. The highest BCUT2D eigenvalue weighted by Crippen LogP contribution is 2.30. The van der Waals surface area contributed by atoms with Crippen molar-refractivity contribution < 1.29 is 9.53 Å². The van der Waals surface area contributed by atoms with Crippen LogP contribution in [-0.2, 0) is 9.53 Å². The average Bonchev–Trinajstić information content (AvgIpc) is 3.16. The lowest BCUT2D eigenvalue weighted by molar-refractivity contribution is -0.132. The fraction of sp³-hybridized carbons (Fsp3) is 0.929. The predicted molar refractivity (Wildman–Crippen MR) is 75.8 cm³/mol. The molecule has 114 valence electrons. The molecule has 0 bridgehead atoms. The standard InChI is InChI=1S/C14H26N4O2/c15-16-14(19)13-4-3-12(20-13)10-18-7-5-17(6-8-18)9-11-1-2-11/h11-13H,1-10,15H2,(H,16,19). The van der Waals surface area contributed by atoms with Gasteiger partial charge in [-0.25, -0.2) is 5.84 Å². The zero-order chi connectivity index (χ0) is 13.9. The van der Waals surface area contributed by atoms with Crippen LogP contribution in [0.15, 0.2) is 0 Å². The monoisotopic (exact) mass is 282 g/mol. The van der Waals surface area contributed by atoms with Crippen LogP contribution in [0.1, 0.15) is 25.7 Å². The molecule has 0 spiro atoms. The summed E-state index contributed by atoms with van der Waals surface area (Å²) in [5, 5.41) is 0. The number of nitrogens with one attached hydrogen (secondary N) is 1. The summed E-state index contributed by atoms with van der Waals surface area (Å²) in [6, 6.07) is 0. The first-order chi connectivity index (χ1) is 9.74. The molecule has 3 fully saturated rings. The predicted octanol–water partition coefficient (Wildman–Crippen LogP) is -0.448. The molecule has 1 saturated carbocycles. The Bertz CT molecular complexity index is 340. The number of carbonyl (C=O) groups excluding carboxylic acids is 1. The minimum atomic E-state index is -0.346. The van der Waals surface area contributed by atoms with Crippen molar-refractivity contribution in [2.75, 3.05) is 39.3 Å². The largest absolute Gasteiger partial charge is 0.364 e. The van der Waals surface area contributed by atoms with Crippen LogP contribution in [0.25, 0.3) is 0 Å². The molecule has 2 heterocycles. The van der Waals surface area contributed by atoms with Crippen LogP contribution in [0.3, 0.4) is 0 Å². The molecule has 2 aliphatic heterocycles. The number of piperazine rings is 1. The summed E-state index contributed by atoms with van der Waals surface area (Å²) >= 11 is 0. The van der Waals surface area contributed by atoms with Gasteiger partial charge in [0.15, 0.2) is 0 Å². The SMILES string of the molecule is NNC(=O)C1CCC(CN2CCN(CC3CC3)CC2)O1. The lowest BCUT2D eigenvalue weighted by Gasteiger charge is -2.35. The van der Waals surface area contributed by atoms with Gasteiger partial charge in [0, 0.05) is 39.3 Å². The van der Waals surface area contributed by atoms with Crippen molar-refractivity contribution in [1.29, 1.82) is 0 Å². The molecule has 3 rings (SSSR count). The summed E-state index contributed by atoms with van der Waals surface area (Å²) in [5.74, 6) is 5.94. The number of rotatable bonds is 5. The van der Waals surface area contributed by atoms with Gasteiger partial charge < -0.3 is 9.64 Å². The Morgan fingerprint density at radius 2 is 1.70 bits per heavy atom. The molecule has 0 aromatic carbocycles. The minimum Gasteiger partial charge on any atom is -0.364 e. The van der Waals surface area contributed by atoms with E-state index in [-0.39, 0.29) is 18.1 Å². The van der Waals surface area contributed by atoms with Gasteiger partial charge in [-0.1, -0.05) is 0 Å². The molecule has 0 aromatic rings. The highest BCUT2D eigenvalue weighted by Gasteiger charge is 2.32. The van der Waals surface area contributed by atoms with Crippen molar-refractivity contribution in [3.63, 3.8) is 0 Å². The zero-order valence-electron chi connectivity index (χ0n) is 12.1. The van der Waals surface area contributed by atoms with Gasteiger partial charge in [0.05, 0.1) is 6.10 Å². The Hall–Kier alpha value is -0.690. The molecule has 2 unspecified atom stereocenters. The maximum Gasteiger partial charge on any atom is 0.263 e. The normalized spacial score (nSPS) is 32.5. The van der Waals surface area contributed by atoms with Gasteiger partial charge in [-0.2, -0.15) is 0 Å². The van der Waals surface area contributed by atoms with E-state index in [9.17, 15) is 4.79 Å². The third-order valence-electron chi connectivity index (χ3n) is 4.68. The summed E-state index contributed by atoms with van der Waals surface area (Å²) in [6.07, 6.45) is 4.45. The molecular formula is C14H26N4O2. The van der Waals surface area contributed by atoms with Crippen molar-refractivity contribution in [1.82, 2.24) is 15.2 Å². The first kappa shape index (κ1) is 14.3. The van der Waals surface area contributed by atoms with Crippen LogP contribution >= 0.6 is 0 Å². The molecule has 1 aliphatic carbocycles. The molecule has 0 aromatic heterocycles. The average molecular weight is 282 g/mol. The Morgan fingerprint density at radius 3 is 2.30 bits per heavy atom. The number of nitrogens with two attached hydrogens (primary N) is 1. The Morgan fingerprint density at radius 1 is 1.05 bits per heavy atom. The molecule has 0 radical (unpaired) electrons. The fourth-order valence-electron chi connectivity index (χ4n) is 3.23. The second-order valence-corrected chi connectivity index (χ2v) is 6.38. The molecule has 20 heavy (non-hydrogen) atoms. The van der Waals surface area contributed by atoms with Gasteiger partial charge in [0.1, 0.15) is 6.10 Å². The van der Waals surface area contributed by atoms with Gasteiger partial charge in [-0.15, -0.1) is 0 Å². The van der Waals surface area contributed by atoms with Gasteiger partial charge in [-0.05, 0) is 31.6 Å². The molecular weight excluding hydrogens is 256 g/mol. The van der Waals surface area contributed by atoms with Crippen molar-refractivity contribution in [3.05, 3.63) is 0 Å². The number of hydrogen-bond acceptors (Lipinski definition) is 5. The third-order valence-corrected chi connectivity index (χ3v) is 4.68. The Balaban J connectivity index is 1.36. The summed E-state index contributed by atoms with van der Waals surface area (Å²) in [7, 11) is 0. The molecule has 2 saturated heterocycles. The second kappa shape index (κ2) is 6.39. The maximum absolute atomic E-state index is 11.4. The van der Waals surface area contributed by atoms with E-state index in [0.29, 0.717) is 0 Å². The van der Waals surface area contributed by atoms with E-state index in [4.69, 9.17) is 10.6 Å². The smallest absolute Gasteiger partial charge is 0.263 e. The highest BCUT2D eigenvalue weighted by atomic mass is 16.5. The summed E-state index contributed by atoms with van der Waals surface area (Å²) in [5.41, 5.74) is 2.18. The van der Waals surface area contributed by atoms with Gasteiger partial charge >= 0.3 is 0 Å². The molecule has 6 heteroatoms. The van der Waals surface area contributed by atoms with E-state index in [2.05, 4.69) is 15.2 Å². The number of amides is 1. The van der Waals surface area contributed by atoms with E-state index in [0.717, 1.165) is 38.4 Å². The van der Waals surface area contributed by atoms with E-state index in [1.165, 1.54) is 32.5 Å². The van der Waals surface area contributed by atoms with Crippen molar-refractivity contribution >= 4 is 5.91 Å². The van der Waals surface area contributed by atoms with Crippen molar-refractivity contribution in [2.24, 2.45) is 11.8 Å². The van der Waals surface area contributed by atoms with Crippen LogP contribution in [0, 0.1) is 5.92 Å². The number of hydrazine groups is 1. The molecule has 2 atom stereocenters. The molecule has 3 N–H and O–H groups in total. The summed E-state index contributed by atoms with van der Waals surface area (Å²) in [6.45, 7) is 6.85. The highest BCUT2D eigenvalue weighted by molar-refractivity contribution is 5.80. The molecule has 6 nitrogen and oxygen atoms in total. The Labute approximate surface area is 120 Å². The second-order valence-electron chi connectivity index (χ2n) is 6.38. The first-order valence-electron chi connectivity index (χ1n) is 7.85. The lowest BCUT2D eigenvalue weighted by Crippen LogP contribution is -2.49. The molecule has 1 amide bonds. The number of hydrogen-bond donors (Lipinski definition) is 2. The topological polar surface area (TPSA) is 70.8 Å². The van der Waals surface area contributed by atoms with Crippen molar-refractivity contribution in [3.8, 4) is 0 Å². The van der Waals surface area contributed by atoms with Gasteiger partial charge in [0.2, 0.25) is 0 Å². The van der Waals surface area contributed by atoms with Crippen LogP contribution in [0.2, 0.25) is 0 Å². The van der Waals surface area contributed by atoms with Crippen LogP contribution in [-0.4, -0.2) is 67.2 Å². The van der Waals surface area contributed by atoms with Gasteiger partial charge in [-0.3, -0.25) is 15.1 Å². The minimum absolute atomic E-state index is 0.187. The van der Waals surface area contributed by atoms with Crippen LogP contribution in [0.5, 0.6) is 0 Å². The van der Waals surface area contributed by atoms with E-state index in [1.807, 2.05) is 0 Å². The van der Waals surface area contributed by atoms with E-state index in [1.54, 1.807) is 0 Å². The van der Waals surface area contributed by atoms with Crippen LogP contribution < -0.4 is 11.3 Å². The van der Waals surface area contributed by atoms with E-state index >= 15 is 0 Å². The number of nitrogens with zero attached hydrogens (tertiary/aromatic N) is 2. The maximum atomic E-state index is 11.4. The van der Waals surface area contributed by atoms with Gasteiger partial charge in [0.25, 0.3) is 5.91 Å². The Kier molecular flexibility index (Phi) is 4.55. The zero-order valence-corrected chi connectivity index (χ0v) is 12.1. The molecule has 3 aliphatic rings. The number of carbonyl (C=O) groups is 1. The van der Waals surface area contributed by atoms with Crippen molar-refractivity contribution in [2.45, 2.75) is 37.9 Å². The van der Waals surface area contributed by atoms with Crippen LogP contribution in [0.4, 0.5) is 0 Å². The first-order valence-corrected chi connectivity index (χ1v) is 7.85. The summed E-state index contributed by atoms with van der Waals surface area (Å²) in [4.78, 5) is 16.5. The third kappa shape index (κ3) is 3.69.